The van der Waals surface area contributed by atoms with Crippen molar-refractivity contribution in [1.29, 1.82) is 0 Å². The van der Waals surface area contributed by atoms with E-state index in [0.717, 1.165) is 22.9 Å². The van der Waals surface area contributed by atoms with E-state index in [9.17, 15) is 4.57 Å². The molecule has 0 radical (unpaired) electrons. The molecule has 0 aliphatic rings. The van der Waals surface area contributed by atoms with Crippen LogP contribution >= 0.6 is 29.9 Å². The van der Waals surface area contributed by atoms with Crippen LogP contribution in [0.15, 0.2) is 0 Å². The van der Waals surface area contributed by atoms with E-state index in [-0.39, 0.29) is 0 Å². The maximum Gasteiger partial charge on any atom is 0.401 e. The fourth-order valence-electron chi connectivity index (χ4n) is 0.677. The van der Waals surface area contributed by atoms with Gasteiger partial charge in [-0.25, -0.2) is 4.57 Å². The minimum Gasteiger partial charge on any atom is -0.300 e. The summed E-state index contributed by atoms with van der Waals surface area (Å²) in [6.07, 6.45) is 0. The fourth-order valence-corrected chi connectivity index (χ4v) is 3.69. The first-order valence-corrected chi connectivity index (χ1v) is 8.93. The van der Waals surface area contributed by atoms with Crippen molar-refractivity contribution in [2.75, 3.05) is 24.7 Å². The largest absolute Gasteiger partial charge is 0.401 e. The highest BCUT2D eigenvalue weighted by atomic mass is 32.7. The topological polar surface area (TPSA) is 35.5 Å². The third-order valence-corrected chi connectivity index (χ3v) is 5.12. The fraction of sp³-hybridized carbons (Fsp3) is 0.778. The van der Waals surface area contributed by atoms with E-state index in [2.05, 4.69) is 18.1 Å². The molecule has 0 aromatic carbocycles. The Balaban J connectivity index is 4.03. The van der Waals surface area contributed by atoms with Gasteiger partial charge < -0.3 is 9.05 Å². The normalized spacial score (nSPS) is 10.9. The van der Waals surface area contributed by atoms with E-state index in [1.807, 2.05) is 0 Å². The molecule has 0 heterocycles. The minimum atomic E-state index is -3.03. The highest BCUT2D eigenvalue weighted by Crippen LogP contribution is 2.59. The molecule has 0 spiro atoms. The molecule has 0 saturated carbocycles. The van der Waals surface area contributed by atoms with Gasteiger partial charge in [0.1, 0.15) is 0 Å². The van der Waals surface area contributed by atoms with Gasteiger partial charge in [-0.05, 0) is 24.9 Å². The molecular formula is C9H17O3PS2. The molecule has 0 unspecified atom stereocenters. The average Bonchev–Trinajstić information content (AvgIpc) is 2.18. The summed E-state index contributed by atoms with van der Waals surface area (Å²) in [7, 11) is 0. The highest BCUT2D eigenvalue weighted by Gasteiger charge is 2.23. The summed E-state index contributed by atoms with van der Waals surface area (Å²) >= 11 is 2.69. The Hall–Kier alpha value is 0.410. The van der Waals surface area contributed by atoms with E-state index in [0.29, 0.717) is 13.2 Å². The molecule has 0 aromatic heterocycles. The molecule has 3 nitrogen and oxygen atoms in total. The lowest BCUT2D eigenvalue weighted by molar-refractivity contribution is 0.237. The van der Waals surface area contributed by atoms with Gasteiger partial charge in [0.05, 0.1) is 19.0 Å². The Bertz CT molecular complexity index is 250. The SMILES string of the molecule is CCOP(=O)(OCC)SC#CCSCC. The predicted molar refractivity (Wildman–Crippen MR) is 69.2 cm³/mol. The predicted octanol–water partition coefficient (Wildman–Crippen LogP) is 3.61. The first-order chi connectivity index (χ1) is 7.18. The lowest BCUT2D eigenvalue weighted by Gasteiger charge is -2.12. The maximum atomic E-state index is 11.9. The quantitative estimate of drug-likeness (QED) is 0.400. The van der Waals surface area contributed by atoms with Crippen molar-refractivity contribution < 1.29 is 13.6 Å². The Morgan fingerprint density at radius 2 is 1.80 bits per heavy atom. The highest BCUT2D eigenvalue weighted by molar-refractivity contribution is 8.57. The molecule has 0 aliphatic carbocycles. The van der Waals surface area contributed by atoms with Crippen molar-refractivity contribution in [2.24, 2.45) is 0 Å². The second kappa shape index (κ2) is 9.62. The zero-order valence-corrected chi connectivity index (χ0v) is 11.8. The lowest BCUT2D eigenvalue weighted by Crippen LogP contribution is -1.91. The molecule has 0 saturated heterocycles. The Labute approximate surface area is 100 Å². The van der Waals surface area contributed by atoms with Crippen molar-refractivity contribution in [1.82, 2.24) is 0 Å². The van der Waals surface area contributed by atoms with Crippen molar-refractivity contribution in [3.63, 3.8) is 0 Å². The molecule has 0 rings (SSSR count). The summed E-state index contributed by atoms with van der Waals surface area (Å²) in [4.78, 5) is 0. The van der Waals surface area contributed by atoms with Gasteiger partial charge in [0.2, 0.25) is 0 Å². The van der Waals surface area contributed by atoms with Crippen LogP contribution in [0.4, 0.5) is 0 Å². The van der Waals surface area contributed by atoms with Crippen LogP contribution in [0.5, 0.6) is 0 Å². The van der Waals surface area contributed by atoms with E-state index in [4.69, 9.17) is 9.05 Å². The maximum absolute atomic E-state index is 11.9. The van der Waals surface area contributed by atoms with Gasteiger partial charge in [0, 0.05) is 11.4 Å². The van der Waals surface area contributed by atoms with Crippen molar-refractivity contribution >= 4 is 29.9 Å². The Morgan fingerprint density at radius 3 is 2.27 bits per heavy atom. The zero-order valence-electron chi connectivity index (χ0n) is 9.32. The zero-order chi connectivity index (χ0) is 11.6. The Kier molecular flexibility index (Phi) is 9.89. The molecule has 0 atom stereocenters. The molecule has 0 N–H and O–H groups in total. The van der Waals surface area contributed by atoms with Gasteiger partial charge in [-0.1, -0.05) is 12.8 Å². The molecule has 0 bridgehead atoms. The van der Waals surface area contributed by atoms with Crippen molar-refractivity contribution in [3.8, 4) is 11.2 Å². The Morgan fingerprint density at radius 1 is 1.20 bits per heavy atom. The van der Waals surface area contributed by atoms with Crippen LogP contribution in [0.2, 0.25) is 0 Å². The number of rotatable bonds is 7. The first kappa shape index (κ1) is 15.4. The van der Waals surface area contributed by atoms with Crippen LogP contribution in [0, 0.1) is 11.2 Å². The molecule has 0 aromatic rings. The summed E-state index contributed by atoms with van der Waals surface area (Å²) in [5.74, 6) is 4.69. The van der Waals surface area contributed by atoms with E-state index in [1.165, 1.54) is 0 Å². The molecule has 0 amide bonds. The van der Waals surface area contributed by atoms with Crippen LogP contribution < -0.4 is 0 Å². The van der Waals surface area contributed by atoms with Crippen molar-refractivity contribution in [3.05, 3.63) is 0 Å². The summed E-state index contributed by atoms with van der Waals surface area (Å²) in [5.41, 5.74) is 0. The average molecular weight is 268 g/mol. The van der Waals surface area contributed by atoms with Crippen LogP contribution in [-0.4, -0.2) is 24.7 Å². The summed E-state index contributed by atoms with van der Waals surface area (Å²) < 4.78 is 22.0. The van der Waals surface area contributed by atoms with E-state index >= 15 is 0 Å². The molecule has 15 heavy (non-hydrogen) atoms. The second-order valence-corrected chi connectivity index (χ2v) is 7.25. The first-order valence-electron chi connectivity index (χ1n) is 4.81. The van der Waals surface area contributed by atoms with E-state index in [1.54, 1.807) is 25.6 Å². The standard InChI is InChI=1S/C9H17O3PS2/c1-4-11-13(10,12-5-2)15-9-7-8-14-6-3/h4-6,8H2,1-3H3. The molecular weight excluding hydrogens is 251 g/mol. The molecule has 0 fully saturated rings. The van der Waals surface area contributed by atoms with Gasteiger partial charge in [-0.15, -0.1) is 11.8 Å². The summed E-state index contributed by atoms with van der Waals surface area (Å²) in [5, 5.41) is 2.76. The number of thioether (sulfide) groups is 1. The van der Waals surface area contributed by atoms with E-state index < -0.39 is 6.80 Å². The van der Waals surface area contributed by atoms with Crippen LogP contribution in [0.1, 0.15) is 20.8 Å². The van der Waals surface area contributed by atoms with Gasteiger partial charge >= 0.3 is 6.80 Å². The van der Waals surface area contributed by atoms with Crippen molar-refractivity contribution in [2.45, 2.75) is 20.8 Å². The van der Waals surface area contributed by atoms with Crippen LogP contribution in [0.3, 0.4) is 0 Å². The van der Waals surface area contributed by atoms with Gasteiger partial charge in [0.15, 0.2) is 0 Å². The lowest BCUT2D eigenvalue weighted by atomic mass is 10.8. The van der Waals surface area contributed by atoms with Crippen LogP contribution in [-0.2, 0) is 13.6 Å². The minimum absolute atomic E-state index is 0.371. The smallest absolute Gasteiger partial charge is 0.300 e. The third kappa shape index (κ3) is 8.24. The van der Waals surface area contributed by atoms with Gasteiger partial charge in [0.25, 0.3) is 0 Å². The molecule has 88 valence electrons. The third-order valence-electron chi connectivity index (χ3n) is 1.18. The molecule has 6 heteroatoms. The molecule has 0 aliphatic heterocycles. The second-order valence-electron chi connectivity index (χ2n) is 2.29. The summed E-state index contributed by atoms with van der Waals surface area (Å²) in [6, 6.07) is 0. The van der Waals surface area contributed by atoms with Gasteiger partial charge in [-0.2, -0.15) is 0 Å². The van der Waals surface area contributed by atoms with Gasteiger partial charge in [-0.3, -0.25) is 0 Å². The van der Waals surface area contributed by atoms with Crippen LogP contribution in [0.25, 0.3) is 0 Å². The summed E-state index contributed by atoms with van der Waals surface area (Å²) in [6.45, 7) is 3.35. The number of hydrogen-bond donors (Lipinski definition) is 0. The number of hydrogen-bond acceptors (Lipinski definition) is 5. The monoisotopic (exact) mass is 268 g/mol.